The number of hydrogen-bond donors (Lipinski definition) is 0. The van der Waals surface area contributed by atoms with Crippen molar-refractivity contribution in [3.63, 3.8) is 0 Å². The van der Waals surface area contributed by atoms with Crippen molar-refractivity contribution >= 4 is 0 Å². The molecule has 0 radical (unpaired) electrons. The first-order valence-corrected chi connectivity index (χ1v) is 6.98. The highest BCUT2D eigenvalue weighted by atomic mass is 14.5. The van der Waals surface area contributed by atoms with Gasteiger partial charge in [-0.05, 0) is 55.8 Å². The smallest absolute Gasteiger partial charge is 0.0317 e. The summed E-state index contributed by atoms with van der Waals surface area (Å²) in [5.74, 6) is 4.21. The molecule has 0 saturated heterocycles. The van der Waals surface area contributed by atoms with Crippen molar-refractivity contribution in [1.29, 1.82) is 0 Å². The molecule has 2 aliphatic carbocycles. The topological polar surface area (TPSA) is 0 Å². The van der Waals surface area contributed by atoms with Gasteiger partial charge < -0.3 is 0 Å². The molecule has 4 atom stereocenters. The van der Waals surface area contributed by atoms with E-state index in [1.54, 1.807) is 6.42 Å². The van der Waals surface area contributed by atoms with E-state index in [1.807, 2.05) is 0 Å². The van der Waals surface area contributed by atoms with E-state index in [0.29, 0.717) is 0 Å². The van der Waals surface area contributed by atoms with Gasteiger partial charge in [-0.2, -0.15) is 0 Å². The lowest BCUT2D eigenvalue weighted by molar-refractivity contribution is 0.241. The average Bonchev–Trinajstić information content (AvgIpc) is 2.80. The molecule has 0 aliphatic heterocycles. The first-order chi connectivity index (χ1) is 7.33. The summed E-state index contributed by atoms with van der Waals surface area (Å²) in [4.78, 5) is 0. The minimum atomic E-state index is 1.01. The van der Waals surface area contributed by atoms with E-state index in [4.69, 9.17) is 0 Å². The van der Waals surface area contributed by atoms with E-state index in [9.17, 15) is 0 Å². The fourth-order valence-electron chi connectivity index (χ4n) is 3.80. The van der Waals surface area contributed by atoms with Gasteiger partial charge in [-0.15, -0.1) is 0 Å². The highest BCUT2D eigenvalue weighted by Crippen LogP contribution is 2.53. The summed E-state index contributed by atoms with van der Waals surface area (Å²) in [6, 6.07) is 0. The van der Waals surface area contributed by atoms with Crippen molar-refractivity contribution in [3.05, 3.63) is 12.2 Å². The van der Waals surface area contributed by atoms with Crippen LogP contribution in [-0.2, 0) is 0 Å². The quantitative estimate of drug-likeness (QED) is 0.447. The van der Waals surface area contributed by atoms with Crippen molar-refractivity contribution in [2.75, 3.05) is 0 Å². The Kier molecular flexibility index (Phi) is 3.88. The molecule has 0 aromatic carbocycles. The Labute approximate surface area is 95.1 Å². The Bertz CT molecular complexity index is 214. The van der Waals surface area contributed by atoms with E-state index in [-0.39, 0.29) is 0 Å². The number of unbranched alkanes of at least 4 members (excludes halogenated alkanes) is 2. The van der Waals surface area contributed by atoms with Crippen LogP contribution in [0.1, 0.15) is 58.8 Å². The number of fused-ring (bicyclic) bond motifs is 2. The third kappa shape index (κ3) is 2.46. The largest absolute Gasteiger partial charge is 0.0885 e. The van der Waals surface area contributed by atoms with Crippen molar-refractivity contribution < 1.29 is 0 Å². The summed E-state index contributed by atoms with van der Waals surface area (Å²) < 4.78 is 0. The highest BCUT2D eigenvalue weighted by molar-refractivity contribution is 4.98. The normalized spacial score (nSPS) is 39.3. The molecule has 0 heterocycles. The fourth-order valence-corrected chi connectivity index (χ4v) is 3.80. The van der Waals surface area contributed by atoms with Crippen LogP contribution < -0.4 is 0 Å². The van der Waals surface area contributed by atoms with E-state index >= 15 is 0 Å². The van der Waals surface area contributed by atoms with E-state index < -0.39 is 0 Å². The minimum absolute atomic E-state index is 1.01. The lowest BCUT2D eigenvalue weighted by Gasteiger charge is -2.27. The third-order valence-corrected chi connectivity index (χ3v) is 4.84. The Balaban J connectivity index is 1.73. The maximum atomic E-state index is 2.49. The molecular weight excluding hydrogens is 180 g/mol. The lowest BCUT2D eigenvalue weighted by atomic mass is 9.78. The summed E-state index contributed by atoms with van der Waals surface area (Å²) in [5, 5.41) is 0. The molecule has 2 rings (SSSR count). The number of hydrogen-bond acceptors (Lipinski definition) is 0. The predicted molar refractivity (Wildman–Crippen MR) is 66.8 cm³/mol. The second-order valence-corrected chi connectivity index (χ2v) is 5.71. The minimum Gasteiger partial charge on any atom is -0.0885 e. The second kappa shape index (κ2) is 5.18. The zero-order valence-electron chi connectivity index (χ0n) is 10.4. The highest BCUT2D eigenvalue weighted by Gasteiger charge is 2.44. The van der Waals surface area contributed by atoms with Gasteiger partial charge in [-0.25, -0.2) is 0 Å². The molecule has 0 N–H and O–H groups in total. The molecule has 2 aliphatic rings. The van der Waals surface area contributed by atoms with Crippen LogP contribution in [0.25, 0.3) is 0 Å². The van der Waals surface area contributed by atoms with Crippen LogP contribution in [0.15, 0.2) is 12.2 Å². The maximum Gasteiger partial charge on any atom is -0.0317 e. The monoisotopic (exact) mass is 206 g/mol. The molecule has 15 heavy (non-hydrogen) atoms. The van der Waals surface area contributed by atoms with Crippen LogP contribution in [-0.4, -0.2) is 0 Å². The fraction of sp³-hybridized carbons (Fsp3) is 0.867. The Morgan fingerprint density at radius 2 is 1.93 bits per heavy atom. The third-order valence-electron chi connectivity index (χ3n) is 4.84. The summed E-state index contributed by atoms with van der Waals surface area (Å²) in [7, 11) is 0. The van der Waals surface area contributed by atoms with Crippen LogP contribution >= 0.6 is 0 Å². The van der Waals surface area contributed by atoms with Crippen molar-refractivity contribution in [1.82, 2.24) is 0 Å². The van der Waals surface area contributed by atoms with Gasteiger partial charge >= 0.3 is 0 Å². The van der Waals surface area contributed by atoms with Crippen molar-refractivity contribution in [3.8, 4) is 0 Å². The van der Waals surface area contributed by atoms with E-state index in [1.165, 1.54) is 38.5 Å². The molecular formula is C15H26. The molecule has 0 amide bonds. The maximum absolute atomic E-state index is 2.49. The van der Waals surface area contributed by atoms with Gasteiger partial charge in [0, 0.05) is 0 Å². The Morgan fingerprint density at radius 3 is 2.60 bits per heavy atom. The standard InChI is InChI=1S/C15H26/c1-3-4-5-6-7-8-15-12(2)13-9-10-14(15)11-13/h6-7,12-15H,3-5,8-11H2,1-2H3/t12-,13?,14?,15+/m0/s1. The van der Waals surface area contributed by atoms with Crippen molar-refractivity contribution in [2.45, 2.75) is 58.8 Å². The summed E-state index contributed by atoms with van der Waals surface area (Å²) in [5.41, 5.74) is 0. The summed E-state index contributed by atoms with van der Waals surface area (Å²) >= 11 is 0. The molecule has 2 fully saturated rings. The van der Waals surface area contributed by atoms with Gasteiger partial charge in [-0.3, -0.25) is 0 Å². The summed E-state index contributed by atoms with van der Waals surface area (Å²) in [6.07, 6.45) is 14.9. The molecule has 2 unspecified atom stereocenters. The second-order valence-electron chi connectivity index (χ2n) is 5.71. The van der Waals surface area contributed by atoms with Crippen LogP contribution in [0.4, 0.5) is 0 Å². The molecule has 0 spiro atoms. The SMILES string of the molecule is CCCCC=CC[C@H]1C2CCC(C2)[C@@H]1C. The van der Waals surface area contributed by atoms with Gasteiger partial charge in [0.1, 0.15) is 0 Å². The Morgan fingerprint density at radius 1 is 1.13 bits per heavy atom. The van der Waals surface area contributed by atoms with E-state index in [0.717, 1.165) is 23.7 Å². The number of rotatable bonds is 5. The van der Waals surface area contributed by atoms with Crippen molar-refractivity contribution in [2.24, 2.45) is 23.7 Å². The van der Waals surface area contributed by atoms with Crippen LogP contribution in [0.5, 0.6) is 0 Å². The molecule has 86 valence electrons. The predicted octanol–water partition coefficient (Wildman–Crippen LogP) is 4.81. The van der Waals surface area contributed by atoms with Crippen LogP contribution in [0.2, 0.25) is 0 Å². The first-order valence-electron chi connectivity index (χ1n) is 6.98. The van der Waals surface area contributed by atoms with Gasteiger partial charge in [-0.1, -0.05) is 38.8 Å². The molecule has 0 heteroatoms. The zero-order chi connectivity index (χ0) is 10.7. The van der Waals surface area contributed by atoms with Crippen LogP contribution in [0, 0.1) is 23.7 Å². The van der Waals surface area contributed by atoms with E-state index in [2.05, 4.69) is 26.0 Å². The van der Waals surface area contributed by atoms with Gasteiger partial charge in [0.15, 0.2) is 0 Å². The molecule has 2 bridgehead atoms. The van der Waals surface area contributed by atoms with Gasteiger partial charge in [0.05, 0.1) is 0 Å². The average molecular weight is 206 g/mol. The molecule has 0 nitrogen and oxygen atoms in total. The van der Waals surface area contributed by atoms with Crippen LogP contribution in [0.3, 0.4) is 0 Å². The van der Waals surface area contributed by atoms with Gasteiger partial charge in [0.25, 0.3) is 0 Å². The lowest BCUT2D eigenvalue weighted by Crippen LogP contribution is -2.18. The molecule has 0 aromatic heterocycles. The number of allylic oxidation sites excluding steroid dienone is 2. The molecule has 2 saturated carbocycles. The first kappa shape index (κ1) is 11.2. The zero-order valence-corrected chi connectivity index (χ0v) is 10.4. The Hall–Kier alpha value is -0.260. The molecule has 0 aromatic rings. The van der Waals surface area contributed by atoms with Gasteiger partial charge in [0.2, 0.25) is 0 Å². The summed E-state index contributed by atoms with van der Waals surface area (Å²) in [6.45, 7) is 4.76.